The summed E-state index contributed by atoms with van der Waals surface area (Å²) in [4.78, 5) is 8.85. The standard InChI is InChI=1S/C4H10OSi.BH3/c1-4-6(2,3)5;/h4-5H,1H2,2-3H3;1H3. The summed E-state index contributed by atoms with van der Waals surface area (Å²) in [6, 6.07) is 0. The average molecular weight is 116 g/mol. The summed E-state index contributed by atoms with van der Waals surface area (Å²) < 4.78 is 0. The lowest BCUT2D eigenvalue weighted by Gasteiger charge is -2.02. The van der Waals surface area contributed by atoms with Gasteiger partial charge >= 0.3 is 0 Å². The van der Waals surface area contributed by atoms with Gasteiger partial charge in [-0.15, -0.1) is 6.58 Å². The zero-order valence-electron chi connectivity index (χ0n) is 4.23. The van der Waals surface area contributed by atoms with Gasteiger partial charge in [-0.3, -0.25) is 0 Å². The first-order valence-electron chi connectivity index (χ1n) is 1.92. The molecule has 0 bridgehead atoms. The molecular formula is C4H13BOSi. The van der Waals surface area contributed by atoms with Crippen molar-refractivity contribution in [2.24, 2.45) is 0 Å². The average Bonchev–Trinajstić information content (AvgIpc) is 1.35. The Morgan fingerprint density at radius 3 is 1.71 bits per heavy atom. The van der Waals surface area contributed by atoms with Crippen LogP contribution in [-0.2, 0) is 0 Å². The molecule has 42 valence electrons. The van der Waals surface area contributed by atoms with E-state index in [2.05, 4.69) is 6.58 Å². The molecule has 0 unspecified atom stereocenters. The van der Waals surface area contributed by atoms with Crippen molar-refractivity contribution in [3.05, 3.63) is 12.3 Å². The summed E-state index contributed by atoms with van der Waals surface area (Å²) in [6.07, 6.45) is 0. The molecule has 0 radical (unpaired) electrons. The quantitative estimate of drug-likeness (QED) is 0.467. The second-order valence-electron chi connectivity index (χ2n) is 1.86. The molecule has 1 N–H and O–H groups in total. The topological polar surface area (TPSA) is 20.2 Å². The minimum absolute atomic E-state index is 0. The lowest BCUT2D eigenvalue weighted by molar-refractivity contribution is 0.567. The van der Waals surface area contributed by atoms with Crippen molar-refractivity contribution in [2.75, 3.05) is 0 Å². The Labute approximate surface area is 47.8 Å². The van der Waals surface area contributed by atoms with Crippen molar-refractivity contribution in [1.82, 2.24) is 0 Å². The van der Waals surface area contributed by atoms with Gasteiger partial charge in [0.25, 0.3) is 0 Å². The second-order valence-corrected chi connectivity index (χ2v) is 5.57. The molecule has 0 spiro atoms. The van der Waals surface area contributed by atoms with Gasteiger partial charge < -0.3 is 4.80 Å². The van der Waals surface area contributed by atoms with E-state index in [0.29, 0.717) is 0 Å². The molecule has 7 heavy (non-hydrogen) atoms. The third-order valence-corrected chi connectivity index (χ3v) is 1.50. The summed E-state index contributed by atoms with van der Waals surface area (Å²) in [5.74, 6) is 0. The first-order valence-corrected chi connectivity index (χ1v) is 4.95. The van der Waals surface area contributed by atoms with Crippen LogP contribution in [0.15, 0.2) is 12.3 Å². The molecule has 0 saturated carbocycles. The molecule has 0 aromatic carbocycles. The van der Waals surface area contributed by atoms with Gasteiger partial charge in [-0.1, -0.05) is 5.70 Å². The monoisotopic (exact) mass is 116 g/mol. The van der Waals surface area contributed by atoms with Gasteiger partial charge in [0, 0.05) is 0 Å². The smallest absolute Gasteiger partial charge is 0.206 e. The second kappa shape index (κ2) is 3.05. The van der Waals surface area contributed by atoms with E-state index in [1.165, 1.54) is 0 Å². The minimum Gasteiger partial charge on any atom is -0.428 e. The summed E-state index contributed by atoms with van der Waals surface area (Å²) >= 11 is 0. The van der Waals surface area contributed by atoms with E-state index in [9.17, 15) is 0 Å². The molecule has 0 saturated heterocycles. The summed E-state index contributed by atoms with van der Waals surface area (Å²) in [5.41, 5.74) is 1.63. The van der Waals surface area contributed by atoms with Gasteiger partial charge in [0.15, 0.2) is 0 Å². The van der Waals surface area contributed by atoms with Gasteiger partial charge in [-0.05, 0) is 13.1 Å². The maximum absolute atomic E-state index is 8.85. The van der Waals surface area contributed by atoms with Crippen LogP contribution in [0.5, 0.6) is 0 Å². The summed E-state index contributed by atoms with van der Waals surface area (Å²) in [5, 5.41) is 0. The van der Waals surface area contributed by atoms with E-state index in [0.717, 1.165) is 0 Å². The Balaban J connectivity index is 0. The zero-order chi connectivity index (χ0) is 5.21. The molecule has 1 nitrogen and oxygen atoms in total. The summed E-state index contributed by atoms with van der Waals surface area (Å²) in [6.45, 7) is 7.08. The van der Waals surface area contributed by atoms with E-state index in [-0.39, 0.29) is 8.41 Å². The van der Waals surface area contributed by atoms with Gasteiger partial charge in [0.1, 0.15) is 0 Å². The van der Waals surface area contributed by atoms with Crippen LogP contribution in [0.1, 0.15) is 0 Å². The molecular weight excluding hydrogens is 103 g/mol. The van der Waals surface area contributed by atoms with Crippen LogP contribution in [0.25, 0.3) is 0 Å². The van der Waals surface area contributed by atoms with Crippen molar-refractivity contribution >= 4 is 16.7 Å². The maximum Gasteiger partial charge on any atom is 0.206 e. The Morgan fingerprint density at radius 1 is 1.57 bits per heavy atom. The fraction of sp³-hybridized carbons (Fsp3) is 0.500. The molecule has 0 aromatic heterocycles. The van der Waals surface area contributed by atoms with Gasteiger partial charge in [-0.25, -0.2) is 0 Å². The van der Waals surface area contributed by atoms with E-state index in [1.54, 1.807) is 5.70 Å². The van der Waals surface area contributed by atoms with E-state index >= 15 is 0 Å². The highest BCUT2D eigenvalue weighted by Crippen LogP contribution is 1.92. The van der Waals surface area contributed by atoms with Crippen molar-refractivity contribution in [3.63, 3.8) is 0 Å². The molecule has 0 aliphatic rings. The number of hydrogen-bond donors (Lipinski definition) is 1. The van der Waals surface area contributed by atoms with Gasteiger partial charge in [0.2, 0.25) is 8.32 Å². The third kappa shape index (κ3) is 10.7. The zero-order valence-corrected chi connectivity index (χ0v) is 5.23. The van der Waals surface area contributed by atoms with Crippen LogP contribution in [0, 0.1) is 0 Å². The lowest BCUT2D eigenvalue weighted by Crippen LogP contribution is -2.20. The highest BCUT2D eigenvalue weighted by molar-refractivity contribution is 6.74. The SMILES string of the molecule is B.C=C[Si](C)(C)O. The predicted molar refractivity (Wildman–Crippen MR) is 39.8 cm³/mol. The highest BCUT2D eigenvalue weighted by Gasteiger charge is 2.07. The number of hydrogen-bond acceptors (Lipinski definition) is 1. The molecule has 0 aliphatic carbocycles. The van der Waals surface area contributed by atoms with Crippen LogP contribution in [0.2, 0.25) is 13.1 Å². The van der Waals surface area contributed by atoms with Crippen LogP contribution in [-0.4, -0.2) is 21.5 Å². The molecule has 0 heterocycles. The Morgan fingerprint density at radius 2 is 1.71 bits per heavy atom. The molecule has 3 heteroatoms. The first-order chi connectivity index (χ1) is 2.56. The van der Waals surface area contributed by atoms with Crippen molar-refractivity contribution in [3.8, 4) is 0 Å². The summed E-state index contributed by atoms with van der Waals surface area (Å²) in [7, 11) is -1.87. The Kier molecular flexibility index (Phi) is 4.38. The fourth-order valence-corrected chi connectivity index (χ4v) is 0. The molecule has 0 atom stereocenters. The maximum atomic E-state index is 8.85. The highest BCUT2D eigenvalue weighted by atomic mass is 28.4. The Bertz CT molecular complexity index is 57.2. The van der Waals surface area contributed by atoms with E-state index in [1.807, 2.05) is 13.1 Å². The molecule has 0 aliphatic heterocycles. The largest absolute Gasteiger partial charge is 0.428 e. The van der Waals surface area contributed by atoms with E-state index < -0.39 is 8.32 Å². The fourth-order valence-electron chi connectivity index (χ4n) is 0. The first kappa shape index (κ1) is 10.1. The molecule has 0 amide bonds. The van der Waals surface area contributed by atoms with E-state index in [4.69, 9.17) is 4.80 Å². The van der Waals surface area contributed by atoms with Crippen LogP contribution in [0.4, 0.5) is 0 Å². The van der Waals surface area contributed by atoms with Crippen molar-refractivity contribution in [1.29, 1.82) is 0 Å². The molecule has 0 aromatic rings. The third-order valence-electron chi connectivity index (χ3n) is 0.500. The van der Waals surface area contributed by atoms with Crippen LogP contribution in [0.3, 0.4) is 0 Å². The van der Waals surface area contributed by atoms with Crippen LogP contribution >= 0.6 is 0 Å². The Hall–Kier alpha value is -0.0182. The lowest BCUT2D eigenvalue weighted by atomic mass is 10.8. The van der Waals surface area contributed by atoms with Gasteiger partial charge in [0.05, 0.1) is 8.41 Å². The normalized spacial score (nSPS) is 9.57. The van der Waals surface area contributed by atoms with Gasteiger partial charge in [-0.2, -0.15) is 0 Å². The van der Waals surface area contributed by atoms with Crippen molar-refractivity contribution < 1.29 is 4.80 Å². The molecule has 0 fully saturated rings. The molecule has 0 rings (SSSR count). The van der Waals surface area contributed by atoms with Crippen molar-refractivity contribution in [2.45, 2.75) is 13.1 Å². The van der Waals surface area contributed by atoms with Crippen LogP contribution < -0.4 is 0 Å². The predicted octanol–water partition coefficient (Wildman–Crippen LogP) is -0.275. The number of rotatable bonds is 1. The minimum atomic E-state index is -1.87.